The Labute approximate surface area is 143 Å². The Balaban J connectivity index is 1.33. The molecule has 3 unspecified atom stereocenters. The molecule has 2 spiro atoms. The lowest BCUT2D eigenvalue weighted by molar-refractivity contribution is -0.169. The Bertz CT molecular complexity index is 528. The molecule has 3 amide bonds. The van der Waals surface area contributed by atoms with Crippen molar-refractivity contribution in [2.24, 2.45) is 5.41 Å². The predicted octanol–water partition coefficient (Wildman–Crippen LogP) is 1.83. The van der Waals surface area contributed by atoms with Crippen molar-refractivity contribution in [1.29, 1.82) is 0 Å². The lowest BCUT2D eigenvalue weighted by Crippen LogP contribution is -2.72. The van der Waals surface area contributed by atoms with Gasteiger partial charge < -0.3 is 20.7 Å². The molecule has 1 aliphatic heterocycles. The van der Waals surface area contributed by atoms with Crippen molar-refractivity contribution in [1.82, 2.24) is 16.0 Å². The molecule has 4 fully saturated rings. The van der Waals surface area contributed by atoms with Gasteiger partial charge in [-0.15, -0.1) is 0 Å². The summed E-state index contributed by atoms with van der Waals surface area (Å²) in [5.41, 5.74) is -0.00338. The zero-order chi connectivity index (χ0) is 16.8. The molecule has 4 aliphatic rings. The third kappa shape index (κ3) is 2.41. The Hall–Kier alpha value is -1.30. The van der Waals surface area contributed by atoms with Gasteiger partial charge >= 0.3 is 6.03 Å². The Morgan fingerprint density at radius 1 is 1.21 bits per heavy atom. The summed E-state index contributed by atoms with van der Waals surface area (Å²) in [5.74, 6) is 0.125. The van der Waals surface area contributed by atoms with Gasteiger partial charge in [0.05, 0.1) is 17.7 Å². The van der Waals surface area contributed by atoms with E-state index in [1.807, 2.05) is 6.92 Å². The molecule has 3 aliphatic carbocycles. The highest BCUT2D eigenvalue weighted by molar-refractivity contribution is 5.80. The van der Waals surface area contributed by atoms with Gasteiger partial charge in [0.15, 0.2) is 0 Å². The zero-order valence-electron chi connectivity index (χ0n) is 14.5. The summed E-state index contributed by atoms with van der Waals surface area (Å²) < 4.78 is 5.85. The van der Waals surface area contributed by atoms with Crippen LogP contribution in [0.3, 0.4) is 0 Å². The lowest BCUT2D eigenvalue weighted by Gasteiger charge is -2.61. The monoisotopic (exact) mass is 335 g/mol. The van der Waals surface area contributed by atoms with E-state index < -0.39 is 0 Å². The van der Waals surface area contributed by atoms with Crippen LogP contribution >= 0.6 is 0 Å². The van der Waals surface area contributed by atoms with Crippen LogP contribution in [0.5, 0.6) is 0 Å². The summed E-state index contributed by atoms with van der Waals surface area (Å²) in [4.78, 5) is 24.3. The highest BCUT2D eigenvalue weighted by Crippen LogP contribution is 2.57. The van der Waals surface area contributed by atoms with Gasteiger partial charge in [-0.1, -0.05) is 6.42 Å². The number of hydrogen-bond acceptors (Lipinski definition) is 3. The van der Waals surface area contributed by atoms with Crippen LogP contribution in [0.25, 0.3) is 0 Å². The van der Waals surface area contributed by atoms with Crippen LogP contribution in [0.1, 0.15) is 64.7 Å². The number of carbonyl (C=O) groups excluding carboxylic acids is 2. The number of hydrogen-bond donors (Lipinski definition) is 3. The van der Waals surface area contributed by atoms with E-state index >= 15 is 0 Å². The molecule has 1 saturated heterocycles. The van der Waals surface area contributed by atoms with Crippen LogP contribution in [0.4, 0.5) is 4.79 Å². The van der Waals surface area contributed by atoms with Gasteiger partial charge in [0.25, 0.3) is 0 Å². The van der Waals surface area contributed by atoms with Crippen molar-refractivity contribution in [3.8, 4) is 0 Å². The summed E-state index contributed by atoms with van der Waals surface area (Å²) in [6, 6.07) is 0.219. The number of carbonyl (C=O) groups is 2. The summed E-state index contributed by atoms with van der Waals surface area (Å²) >= 11 is 0. The van der Waals surface area contributed by atoms with E-state index in [-0.39, 0.29) is 35.0 Å². The molecule has 3 N–H and O–H groups in total. The number of rotatable bonds is 4. The van der Waals surface area contributed by atoms with Crippen LogP contribution in [0, 0.1) is 5.41 Å². The van der Waals surface area contributed by atoms with E-state index in [9.17, 15) is 9.59 Å². The average Bonchev–Trinajstić information content (AvgIpc) is 2.44. The molecule has 0 aromatic rings. The molecule has 0 radical (unpaired) electrons. The van der Waals surface area contributed by atoms with Gasteiger partial charge in [-0.3, -0.25) is 4.79 Å². The van der Waals surface area contributed by atoms with Gasteiger partial charge in [-0.2, -0.15) is 0 Å². The van der Waals surface area contributed by atoms with Crippen LogP contribution in [-0.4, -0.2) is 42.3 Å². The normalized spacial score (nSPS) is 35.4. The van der Waals surface area contributed by atoms with Crippen LogP contribution in [0.15, 0.2) is 0 Å². The second-order valence-corrected chi connectivity index (χ2v) is 8.09. The van der Waals surface area contributed by atoms with Crippen molar-refractivity contribution in [2.75, 3.05) is 6.61 Å². The summed E-state index contributed by atoms with van der Waals surface area (Å²) in [5, 5.41) is 9.48. The van der Waals surface area contributed by atoms with Gasteiger partial charge in [0.2, 0.25) is 5.91 Å². The van der Waals surface area contributed by atoms with Gasteiger partial charge in [-0.05, 0) is 51.9 Å². The zero-order valence-corrected chi connectivity index (χ0v) is 14.5. The molecule has 6 nitrogen and oxygen atoms in total. The fourth-order valence-electron chi connectivity index (χ4n) is 5.22. The van der Waals surface area contributed by atoms with Crippen molar-refractivity contribution >= 4 is 11.9 Å². The predicted molar refractivity (Wildman–Crippen MR) is 89.5 cm³/mol. The number of urea groups is 1. The average molecular weight is 335 g/mol. The maximum Gasteiger partial charge on any atom is 0.315 e. The molecule has 1 heterocycles. The maximum absolute atomic E-state index is 12.5. The van der Waals surface area contributed by atoms with Gasteiger partial charge in [-0.25, -0.2) is 4.79 Å². The van der Waals surface area contributed by atoms with E-state index in [2.05, 4.69) is 16.0 Å². The number of nitrogens with one attached hydrogen (secondary N) is 3. The third-order valence-electron chi connectivity index (χ3n) is 7.01. The highest BCUT2D eigenvalue weighted by atomic mass is 16.5. The van der Waals surface area contributed by atoms with Crippen LogP contribution in [-0.2, 0) is 9.53 Å². The van der Waals surface area contributed by atoms with Crippen LogP contribution in [0.2, 0.25) is 0 Å². The molecule has 3 atom stereocenters. The molecule has 134 valence electrons. The second-order valence-electron chi connectivity index (χ2n) is 8.09. The first kappa shape index (κ1) is 16.2. The van der Waals surface area contributed by atoms with Crippen molar-refractivity contribution in [3.05, 3.63) is 0 Å². The first-order chi connectivity index (χ1) is 11.6. The summed E-state index contributed by atoms with van der Waals surface area (Å²) in [6.45, 7) is 2.78. The molecule has 6 heteroatoms. The summed E-state index contributed by atoms with van der Waals surface area (Å²) in [7, 11) is 0. The number of amides is 3. The first-order valence-electron chi connectivity index (χ1n) is 9.58. The van der Waals surface area contributed by atoms with E-state index in [0.29, 0.717) is 12.5 Å². The smallest absolute Gasteiger partial charge is 0.315 e. The minimum absolute atomic E-state index is 0.0593. The number of ether oxygens (including phenoxy) is 1. The molecule has 24 heavy (non-hydrogen) atoms. The van der Waals surface area contributed by atoms with Crippen molar-refractivity contribution < 1.29 is 14.3 Å². The fraction of sp³-hybridized carbons (Fsp3) is 0.889. The highest BCUT2D eigenvalue weighted by Gasteiger charge is 2.59. The lowest BCUT2D eigenvalue weighted by atomic mass is 9.51. The third-order valence-corrected chi connectivity index (χ3v) is 7.01. The molecule has 4 rings (SSSR count). The van der Waals surface area contributed by atoms with Crippen molar-refractivity contribution in [3.63, 3.8) is 0 Å². The Morgan fingerprint density at radius 2 is 1.92 bits per heavy atom. The SMILES string of the molecule is CCOC1CC(NC(=O)NC2CCC(=O)NC23CCC3)C12CCC2. The molecule has 0 aromatic carbocycles. The quantitative estimate of drug-likeness (QED) is 0.733. The molecular formula is C18H29N3O3. The second kappa shape index (κ2) is 5.90. The molecule has 3 saturated carbocycles. The first-order valence-corrected chi connectivity index (χ1v) is 9.58. The van der Waals surface area contributed by atoms with Crippen LogP contribution < -0.4 is 16.0 Å². The number of piperidine rings is 1. The van der Waals surface area contributed by atoms with E-state index in [1.54, 1.807) is 0 Å². The Kier molecular flexibility index (Phi) is 3.98. The van der Waals surface area contributed by atoms with Crippen molar-refractivity contribution in [2.45, 2.75) is 88.4 Å². The van der Waals surface area contributed by atoms with Gasteiger partial charge in [0.1, 0.15) is 0 Å². The molecule has 0 bridgehead atoms. The van der Waals surface area contributed by atoms with E-state index in [1.165, 1.54) is 6.42 Å². The maximum atomic E-state index is 12.5. The fourth-order valence-corrected chi connectivity index (χ4v) is 5.22. The molecular weight excluding hydrogens is 306 g/mol. The standard InChI is InChI=1S/C18H29N3O3/c1-2-24-14-11-13(17(14)7-3-8-17)20-16(23)19-12-5-6-15(22)21-18(12)9-4-10-18/h12-14H,2-11H2,1H3,(H,21,22)(H2,19,20,23). The van der Waals surface area contributed by atoms with E-state index in [4.69, 9.17) is 4.74 Å². The molecule has 0 aromatic heterocycles. The van der Waals surface area contributed by atoms with E-state index in [0.717, 1.165) is 51.6 Å². The summed E-state index contributed by atoms with van der Waals surface area (Å²) in [6.07, 6.45) is 9.12. The minimum Gasteiger partial charge on any atom is -0.378 e. The van der Waals surface area contributed by atoms with Gasteiger partial charge in [0, 0.05) is 24.5 Å². The largest absolute Gasteiger partial charge is 0.378 e. The Morgan fingerprint density at radius 3 is 2.50 bits per heavy atom. The topological polar surface area (TPSA) is 79.5 Å². The minimum atomic E-state index is -0.186.